The number of hydrogen-bond acceptors (Lipinski definition) is 3. The highest BCUT2D eigenvalue weighted by Gasteiger charge is 2.38. The summed E-state index contributed by atoms with van der Waals surface area (Å²) in [7, 11) is 0. The van der Waals surface area contributed by atoms with Crippen molar-refractivity contribution >= 4 is 0 Å². The Bertz CT molecular complexity index is 433. The van der Waals surface area contributed by atoms with E-state index in [2.05, 4.69) is 10.3 Å². The van der Waals surface area contributed by atoms with Gasteiger partial charge >= 0.3 is 0 Å². The molecule has 3 unspecified atom stereocenters. The zero-order valence-electron chi connectivity index (χ0n) is 11.0. The highest BCUT2D eigenvalue weighted by molar-refractivity contribution is 5.27. The van der Waals surface area contributed by atoms with Gasteiger partial charge in [-0.25, -0.2) is 0 Å². The van der Waals surface area contributed by atoms with E-state index in [1.165, 1.54) is 25.7 Å². The van der Waals surface area contributed by atoms with Crippen molar-refractivity contribution in [3.63, 3.8) is 0 Å². The van der Waals surface area contributed by atoms with Crippen LogP contribution in [0, 0.1) is 24.7 Å². The van der Waals surface area contributed by atoms with Gasteiger partial charge in [0.25, 0.3) is 0 Å². The predicted molar refractivity (Wildman–Crippen MR) is 71.3 cm³/mol. The SMILES string of the molecule is Cc1ccc(O)c(CNCC2CC3CCC2C3)n1. The van der Waals surface area contributed by atoms with Crippen molar-refractivity contribution in [2.45, 2.75) is 39.2 Å². The molecule has 1 aromatic heterocycles. The molecule has 2 aliphatic carbocycles. The van der Waals surface area contributed by atoms with Crippen LogP contribution >= 0.6 is 0 Å². The number of hydrogen-bond donors (Lipinski definition) is 2. The molecular formula is C15H22N2O. The third kappa shape index (κ3) is 2.37. The molecule has 98 valence electrons. The molecular weight excluding hydrogens is 224 g/mol. The molecule has 0 spiro atoms. The molecule has 2 fully saturated rings. The third-order valence-corrected chi connectivity index (χ3v) is 4.67. The molecule has 1 aromatic rings. The molecule has 2 N–H and O–H groups in total. The van der Waals surface area contributed by atoms with Gasteiger partial charge in [-0.2, -0.15) is 0 Å². The molecule has 2 bridgehead atoms. The molecule has 3 heteroatoms. The fourth-order valence-electron chi connectivity index (χ4n) is 3.74. The summed E-state index contributed by atoms with van der Waals surface area (Å²) in [4.78, 5) is 4.37. The zero-order valence-corrected chi connectivity index (χ0v) is 11.0. The van der Waals surface area contributed by atoms with Crippen LogP contribution < -0.4 is 5.32 Å². The Balaban J connectivity index is 1.51. The van der Waals surface area contributed by atoms with Crippen LogP contribution in [0.4, 0.5) is 0 Å². The Kier molecular flexibility index (Phi) is 3.25. The highest BCUT2D eigenvalue weighted by atomic mass is 16.3. The lowest BCUT2D eigenvalue weighted by Crippen LogP contribution is -2.26. The number of aromatic nitrogens is 1. The number of nitrogens with one attached hydrogen (secondary N) is 1. The number of aromatic hydroxyl groups is 1. The molecule has 2 saturated carbocycles. The van der Waals surface area contributed by atoms with Gasteiger partial charge in [0.2, 0.25) is 0 Å². The van der Waals surface area contributed by atoms with Crippen LogP contribution in [-0.2, 0) is 6.54 Å². The second-order valence-electron chi connectivity index (χ2n) is 5.98. The van der Waals surface area contributed by atoms with Crippen LogP contribution in [-0.4, -0.2) is 16.6 Å². The molecule has 0 radical (unpaired) electrons. The van der Waals surface area contributed by atoms with E-state index in [9.17, 15) is 5.11 Å². The molecule has 0 amide bonds. The smallest absolute Gasteiger partial charge is 0.138 e. The summed E-state index contributed by atoms with van der Waals surface area (Å²) in [6.45, 7) is 3.72. The molecule has 1 heterocycles. The Morgan fingerprint density at radius 3 is 2.94 bits per heavy atom. The van der Waals surface area contributed by atoms with Crippen LogP contribution in [0.15, 0.2) is 12.1 Å². The summed E-state index contributed by atoms with van der Waals surface area (Å²) >= 11 is 0. The topological polar surface area (TPSA) is 45.1 Å². The number of rotatable bonds is 4. The van der Waals surface area contributed by atoms with Crippen molar-refractivity contribution < 1.29 is 5.11 Å². The minimum absolute atomic E-state index is 0.307. The largest absolute Gasteiger partial charge is 0.506 e. The molecule has 0 aromatic carbocycles. The molecule has 3 rings (SSSR count). The maximum absolute atomic E-state index is 9.73. The normalized spacial score (nSPS) is 29.9. The Morgan fingerprint density at radius 2 is 2.22 bits per heavy atom. The summed E-state index contributed by atoms with van der Waals surface area (Å²) in [6, 6.07) is 3.58. The van der Waals surface area contributed by atoms with Gasteiger partial charge in [0.05, 0.1) is 5.69 Å². The van der Waals surface area contributed by atoms with Crippen molar-refractivity contribution in [2.24, 2.45) is 17.8 Å². The maximum Gasteiger partial charge on any atom is 0.138 e. The first kappa shape index (κ1) is 12.0. The van der Waals surface area contributed by atoms with Crippen LogP contribution in [0.5, 0.6) is 5.75 Å². The molecule has 0 saturated heterocycles. The second kappa shape index (κ2) is 4.88. The zero-order chi connectivity index (χ0) is 12.5. The molecule has 3 nitrogen and oxygen atoms in total. The lowest BCUT2D eigenvalue weighted by molar-refractivity contribution is 0.317. The lowest BCUT2D eigenvalue weighted by atomic mass is 9.89. The predicted octanol–water partition coefficient (Wildman–Crippen LogP) is 2.62. The highest BCUT2D eigenvalue weighted by Crippen LogP contribution is 2.47. The van der Waals surface area contributed by atoms with Gasteiger partial charge in [0.1, 0.15) is 5.75 Å². The van der Waals surface area contributed by atoms with Gasteiger partial charge in [-0.05, 0) is 62.6 Å². The molecule has 3 atom stereocenters. The van der Waals surface area contributed by atoms with E-state index in [1.54, 1.807) is 6.07 Å². The van der Waals surface area contributed by atoms with E-state index < -0.39 is 0 Å². The monoisotopic (exact) mass is 246 g/mol. The fourth-order valence-corrected chi connectivity index (χ4v) is 3.74. The first-order valence-corrected chi connectivity index (χ1v) is 7.08. The van der Waals surface area contributed by atoms with E-state index in [-0.39, 0.29) is 0 Å². The van der Waals surface area contributed by atoms with Gasteiger partial charge in [0, 0.05) is 12.2 Å². The summed E-state index contributed by atoms with van der Waals surface area (Å²) in [5.41, 5.74) is 1.74. The minimum atomic E-state index is 0.307. The van der Waals surface area contributed by atoms with Gasteiger partial charge in [-0.15, -0.1) is 0 Å². The van der Waals surface area contributed by atoms with E-state index in [4.69, 9.17) is 0 Å². The quantitative estimate of drug-likeness (QED) is 0.858. The van der Waals surface area contributed by atoms with Crippen molar-refractivity contribution in [2.75, 3.05) is 6.54 Å². The van der Waals surface area contributed by atoms with Gasteiger partial charge < -0.3 is 10.4 Å². The van der Waals surface area contributed by atoms with E-state index in [0.29, 0.717) is 12.3 Å². The molecule has 18 heavy (non-hydrogen) atoms. The average molecular weight is 246 g/mol. The Hall–Kier alpha value is -1.09. The number of aryl methyl sites for hydroxylation is 1. The van der Waals surface area contributed by atoms with E-state index in [0.717, 1.165) is 35.7 Å². The van der Waals surface area contributed by atoms with Crippen molar-refractivity contribution in [1.82, 2.24) is 10.3 Å². The summed E-state index contributed by atoms with van der Waals surface area (Å²) in [5.74, 6) is 3.13. The van der Waals surface area contributed by atoms with E-state index >= 15 is 0 Å². The van der Waals surface area contributed by atoms with Gasteiger partial charge in [-0.1, -0.05) is 6.42 Å². The average Bonchev–Trinajstić information content (AvgIpc) is 2.96. The maximum atomic E-state index is 9.73. The summed E-state index contributed by atoms with van der Waals surface area (Å²) < 4.78 is 0. The van der Waals surface area contributed by atoms with Crippen LogP contribution in [0.2, 0.25) is 0 Å². The summed E-state index contributed by atoms with van der Waals surface area (Å²) in [6.07, 6.45) is 5.76. The number of nitrogens with zero attached hydrogens (tertiary/aromatic N) is 1. The van der Waals surface area contributed by atoms with Crippen LogP contribution in [0.25, 0.3) is 0 Å². The van der Waals surface area contributed by atoms with Gasteiger partial charge in [0.15, 0.2) is 0 Å². The first-order chi connectivity index (χ1) is 8.72. The van der Waals surface area contributed by atoms with Gasteiger partial charge in [-0.3, -0.25) is 4.98 Å². The van der Waals surface area contributed by atoms with E-state index in [1.807, 2.05) is 13.0 Å². The number of pyridine rings is 1. The second-order valence-corrected chi connectivity index (χ2v) is 5.98. The molecule has 2 aliphatic rings. The minimum Gasteiger partial charge on any atom is -0.506 e. The van der Waals surface area contributed by atoms with Crippen LogP contribution in [0.3, 0.4) is 0 Å². The standard InChI is InChI=1S/C15H22N2O/c1-10-2-5-15(18)14(17-10)9-16-8-13-7-11-3-4-12(13)6-11/h2,5,11-13,16,18H,3-4,6-9H2,1H3. The Morgan fingerprint density at radius 1 is 1.33 bits per heavy atom. The number of fused-ring (bicyclic) bond motifs is 2. The fraction of sp³-hybridized carbons (Fsp3) is 0.667. The van der Waals surface area contributed by atoms with Crippen molar-refractivity contribution in [3.05, 3.63) is 23.5 Å². The van der Waals surface area contributed by atoms with Crippen LogP contribution in [0.1, 0.15) is 37.1 Å². The Labute approximate surface area is 109 Å². The molecule has 0 aliphatic heterocycles. The van der Waals surface area contributed by atoms with Crippen molar-refractivity contribution in [1.29, 1.82) is 0 Å². The van der Waals surface area contributed by atoms with Crippen molar-refractivity contribution in [3.8, 4) is 5.75 Å². The summed E-state index contributed by atoms with van der Waals surface area (Å²) in [5, 5.41) is 13.2. The lowest BCUT2D eigenvalue weighted by Gasteiger charge is -2.21. The third-order valence-electron chi connectivity index (χ3n) is 4.67. The first-order valence-electron chi connectivity index (χ1n) is 7.08.